The molecule has 0 spiro atoms. The van der Waals surface area contributed by atoms with Gasteiger partial charge in [-0.25, -0.2) is 4.79 Å². The van der Waals surface area contributed by atoms with E-state index in [1.54, 1.807) is 6.92 Å². The molecule has 0 fully saturated rings. The summed E-state index contributed by atoms with van der Waals surface area (Å²) in [6.07, 6.45) is 1.84. The minimum atomic E-state index is -1.10. The van der Waals surface area contributed by atoms with Gasteiger partial charge in [0.05, 0.1) is 6.61 Å². The fraction of sp³-hybridized carbons (Fsp3) is 0.636. The molecular formula is C11H19NO4S. The lowest BCUT2D eigenvalue weighted by Crippen LogP contribution is -2.41. The number of aliphatic hydroxyl groups excluding tert-OH is 1. The highest BCUT2D eigenvalue weighted by atomic mass is 32.2. The first-order chi connectivity index (χ1) is 7.84. The molecule has 0 aliphatic heterocycles. The summed E-state index contributed by atoms with van der Waals surface area (Å²) in [6, 6.07) is -0.223. The van der Waals surface area contributed by atoms with E-state index in [9.17, 15) is 9.59 Å². The number of carbonyl (C=O) groups is 2. The van der Waals surface area contributed by atoms with Crippen LogP contribution in [0.4, 0.5) is 0 Å². The number of rotatable bonds is 6. The minimum absolute atomic E-state index is 0.0272. The Morgan fingerprint density at radius 3 is 2.18 bits per heavy atom. The van der Waals surface area contributed by atoms with Crippen LogP contribution in [-0.2, 0) is 9.59 Å². The molecule has 98 valence electrons. The smallest absolute Gasteiger partial charge is 0.331 e. The van der Waals surface area contributed by atoms with Gasteiger partial charge < -0.3 is 15.5 Å². The Morgan fingerprint density at radius 1 is 1.29 bits per heavy atom. The average molecular weight is 261 g/mol. The fourth-order valence-corrected chi connectivity index (χ4v) is 1.80. The first-order valence-electron chi connectivity index (χ1n) is 5.20. The van der Waals surface area contributed by atoms with Gasteiger partial charge in [-0.1, -0.05) is 0 Å². The van der Waals surface area contributed by atoms with E-state index in [2.05, 4.69) is 5.32 Å². The predicted octanol–water partition coefficient (Wildman–Crippen LogP) is 0.636. The molecule has 1 amide bonds. The summed E-state index contributed by atoms with van der Waals surface area (Å²) in [5, 5.41) is 20.4. The molecular weight excluding hydrogens is 242 g/mol. The van der Waals surface area contributed by atoms with Gasteiger partial charge in [0.15, 0.2) is 0 Å². The van der Waals surface area contributed by atoms with Crippen LogP contribution in [0, 0.1) is 0 Å². The number of aliphatic carboxylic acids is 1. The van der Waals surface area contributed by atoms with Crippen LogP contribution in [-0.4, -0.2) is 46.2 Å². The number of nitrogens with one attached hydrogen (secondary N) is 1. The van der Waals surface area contributed by atoms with Crippen molar-refractivity contribution in [3.8, 4) is 0 Å². The van der Waals surface area contributed by atoms with Gasteiger partial charge in [-0.15, -0.1) is 0 Å². The monoisotopic (exact) mass is 261 g/mol. The normalized spacial score (nSPS) is 15.8. The summed E-state index contributed by atoms with van der Waals surface area (Å²) in [5.41, 5.74) is 0.210. The fourth-order valence-electron chi connectivity index (χ4n) is 1.18. The number of hydrogen-bond acceptors (Lipinski definition) is 4. The standard InChI is InChI=1S/C11H19NO4S/c1-6(7(2)11(15)16)10(14)12-8(3)9(5-13)17-4/h8-9,13H,5H2,1-4H3,(H,12,14)(H,15,16). The molecule has 6 heteroatoms. The molecule has 2 unspecified atom stereocenters. The maximum absolute atomic E-state index is 11.7. The van der Waals surface area contributed by atoms with Gasteiger partial charge in [0, 0.05) is 22.4 Å². The third-order valence-electron chi connectivity index (χ3n) is 2.62. The lowest BCUT2D eigenvalue weighted by atomic mass is 10.1. The molecule has 0 aromatic carbocycles. The molecule has 0 rings (SSSR count). The van der Waals surface area contributed by atoms with Gasteiger partial charge in [-0.2, -0.15) is 11.8 Å². The summed E-state index contributed by atoms with van der Waals surface area (Å²) >= 11 is 1.45. The molecule has 0 saturated heterocycles. The van der Waals surface area contributed by atoms with Crippen LogP contribution in [0.5, 0.6) is 0 Å². The van der Waals surface area contributed by atoms with Crippen LogP contribution in [0.15, 0.2) is 11.1 Å². The molecule has 0 radical (unpaired) electrons. The largest absolute Gasteiger partial charge is 0.478 e. The second-order valence-corrected chi connectivity index (χ2v) is 4.85. The second kappa shape index (κ2) is 7.34. The zero-order chi connectivity index (χ0) is 13.6. The van der Waals surface area contributed by atoms with Crippen molar-refractivity contribution in [3.63, 3.8) is 0 Å². The molecule has 3 N–H and O–H groups in total. The van der Waals surface area contributed by atoms with Crippen molar-refractivity contribution >= 4 is 23.6 Å². The number of hydrogen-bond donors (Lipinski definition) is 3. The second-order valence-electron chi connectivity index (χ2n) is 3.77. The summed E-state index contributed by atoms with van der Waals surface area (Å²) in [7, 11) is 0. The lowest BCUT2D eigenvalue weighted by molar-refractivity contribution is -0.133. The Labute approximate surface area is 105 Å². The van der Waals surface area contributed by atoms with Crippen LogP contribution in [0.1, 0.15) is 20.8 Å². The van der Waals surface area contributed by atoms with E-state index in [-0.39, 0.29) is 29.0 Å². The first-order valence-corrected chi connectivity index (χ1v) is 6.49. The molecule has 0 aliphatic rings. The third-order valence-corrected chi connectivity index (χ3v) is 3.79. The van der Waals surface area contributed by atoms with Crippen molar-refractivity contribution in [1.82, 2.24) is 5.32 Å². The van der Waals surface area contributed by atoms with Gasteiger partial charge in [0.2, 0.25) is 5.91 Å². The molecule has 0 bridgehead atoms. The zero-order valence-corrected chi connectivity index (χ0v) is 11.3. The molecule has 17 heavy (non-hydrogen) atoms. The summed E-state index contributed by atoms with van der Waals surface area (Å²) < 4.78 is 0. The van der Waals surface area contributed by atoms with Crippen LogP contribution < -0.4 is 5.32 Å². The van der Waals surface area contributed by atoms with Gasteiger partial charge in [0.25, 0.3) is 0 Å². The Balaban J connectivity index is 4.66. The highest BCUT2D eigenvalue weighted by Gasteiger charge is 2.19. The molecule has 0 aromatic heterocycles. The lowest BCUT2D eigenvalue weighted by Gasteiger charge is -2.21. The van der Waals surface area contributed by atoms with Gasteiger partial charge in [0.1, 0.15) is 0 Å². The van der Waals surface area contributed by atoms with Crippen molar-refractivity contribution in [3.05, 3.63) is 11.1 Å². The predicted molar refractivity (Wildman–Crippen MR) is 68.0 cm³/mol. The van der Waals surface area contributed by atoms with E-state index in [1.807, 2.05) is 6.26 Å². The molecule has 0 aliphatic carbocycles. The number of carbonyl (C=O) groups excluding carboxylic acids is 1. The van der Waals surface area contributed by atoms with Crippen LogP contribution in [0.25, 0.3) is 0 Å². The summed E-state index contributed by atoms with van der Waals surface area (Å²) in [6.45, 7) is 4.60. The molecule has 5 nitrogen and oxygen atoms in total. The van der Waals surface area contributed by atoms with E-state index in [0.29, 0.717) is 0 Å². The number of thioether (sulfide) groups is 1. The number of amides is 1. The molecule has 2 atom stereocenters. The average Bonchev–Trinajstić information content (AvgIpc) is 2.28. The maximum atomic E-state index is 11.7. The van der Waals surface area contributed by atoms with E-state index >= 15 is 0 Å². The number of carboxylic acids is 1. The maximum Gasteiger partial charge on any atom is 0.331 e. The summed E-state index contributed by atoms with van der Waals surface area (Å²) in [4.78, 5) is 22.4. The highest BCUT2D eigenvalue weighted by molar-refractivity contribution is 7.99. The zero-order valence-electron chi connectivity index (χ0n) is 10.5. The summed E-state index contributed by atoms with van der Waals surface area (Å²) in [5.74, 6) is -1.52. The van der Waals surface area contributed by atoms with Crippen molar-refractivity contribution in [2.75, 3.05) is 12.9 Å². The van der Waals surface area contributed by atoms with E-state index < -0.39 is 11.9 Å². The Bertz CT molecular complexity index is 323. The third kappa shape index (κ3) is 4.79. The Morgan fingerprint density at radius 2 is 1.82 bits per heavy atom. The topological polar surface area (TPSA) is 86.6 Å². The van der Waals surface area contributed by atoms with Crippen LogP contribution in [0.3, 0.4) is 0 Å². The van der Waals surface area contributed by atoms with Gasteiger partial charge in [-0.3, -0.25) is 4.79 Å². The van der Waals surface area contributed by atoms with Crippen molar-refractivity contribution in [2.45, 2.75) is 32.1 Å². The van der Waals surface area contributed by atoms with Gasteiger partial charge >= 0.3 is 5.97 Å². The SMILES string of the molecule is CSC(CO)C(C)NC(=O)C(C)=C(C)C(=O)O. The van der Waals surface area contributed by atoms with Crippen molar-refractivity contribution in [1.29, 1.82) is 0 Å². The first kappa shape index (κ1) is 16.0. The Hall–Kier alpha value is -1.01. The van der Waals surface area contributed by atoms with Gasteiger partial charge in [-0.05, 0) is 27.0 Å². The van der Waals surface area contributed by atoms with E-state index in [4.69, 9.17) is 10.2 Å². The van der Waals surface area contributed by atoms with Crippen molar-refractivity contribution in [2.24, 2.45) is 0 Å². The Kier molecular flexibility index (Phi) is 6.91. The number of aliphatic hydroxyl groups is 1. The highest BCUT2D eigenvalue weighted by Crippen LogP contribution is 2.11. The van der Waals surface area contributed by atoms with E-state index in [1.165, 1.54) is 25.6 Å². The molecule has 0 aromatic rings. The quantitative estimate of drug-likeness (QED) is 0.611. The van der Waals surface area contributed by atoms with Crippen molar-refractivity contribution < 1.29 is 19.8 Å². The number of carboxylic acid groups (broad SMARTS) is 1. The van der Waals surface area contributed by atoms with E-state index in [0.717, 1.165) is 0 Å². The van der Waals surface area contributed by atoms with Crippen LogP contribution in [0.2, 0.25) is 0 Å². The molecule has 0 saturated carbocycles. The van der Waals surface area contributed by atoms with Crippen LogP contribution >= 0.6 is 11.8 Å². The molecule has 0 heterocycles. The minimum Gasteiger partial charge on any atom is -0.478 e.